The van der Waals surface area contributed by atoms with Crippen LogP contribution >= 0.6 is 0 Å². The van der Waals surface area contributed by atoms with E-state index in [1.165, 1.54) is 7.11 Å². The molecule has 7 atom stereocenters. The summed E-state index contributed by atoms with van der Waals surface area (Å²) in [5.74, 6) is 1.16. The van der Waals surface area contributed by atoms with Gasteiger partial charge in [-0.2, -0.15) is 0 Å². The minimum Gasteiger partial charge on any atom is -0.469 e. The average molecular weight is 320 g/mol. The van der Waals surface area contributed by atoms with E-state index in [4.69, 9.17) is 9.47 Å². The topological polar surface area (TPSA) is 52.6 Å². The van der Waals surface area contributed by atoms with E-state index in [-0.39, 0.29) is 28.1 Å². The second-order valence-corrected chi connectivity index (χ2v) is 8.82. The van der Waals surface area contributed by atoms with Gasteiger partial charge in [0.05, 0.1) is 19.1 Å². The van der Waals surface area contributed by atoms with E-state index in [0.717, 1.165) is 32.1 Å². The molecule has 4 fully saturated rings. The van der Waals surface area contributed by atoms with Gasteiger partial charge in [-0.25, -0.2) is 0 Å². The van der Waals surface area contributed by atoms with Crippen LogP contribution in [0.5, 0.6) is 0 Å². The molecular weight excluding hydrogens is 292 g/mol. The van der Waals surface area contributed by atoms with Crippen molar-refractivity contribution in [3.05, 3.63) is 0 Å². The lowest BCUT2D eigenvalue weighted by Crippen LogP contribution is -2.45. The third-order valence-electron chi connectivity index (χ3n) is 8.65. The number of Topliss-reactive ketones (excluding diaryl/α,β-unsaturated/α-hetero) is 1. The maximum Gasteiger partial charge on any atom is 0.309 e. The van der Waals surface area contributed by atoms with Gasteiger partial charge in [0.15, 0.2) is 0 Å². The summed E-state index contributed by atoms with van der Waals surface area (Å²) in [7, 11) is 3.26. The Bertz CT molecular complexity index is 572. The molecule has 4 nitrogen and oxygen atoms in total. The molecule has 4 aliphatic carbocycles. The molecule has 0 aliphatic heterocycles. The van der Waals surface area contributed by atoms with E-state index in [9.17, 15) is 9.59 Å². The summed E-state index contributed by atoms with van der Waals surface area (Å²) in [6, 6.07) is 0. The van der Waals surface area contributed by atoms with Crippen LogP contribution in [0.2, 0.25) is 0 Å². The van der Waals surface area contributed by atoms with Crippen LogP contribution < -0.4 is 0 Å². The number of methoxy groups -OCH3 is 2. The molecular formula is C19H28O4. The molecule has 128 valence electrons. The quantitative estimate of drug-likeness (QED) is 0.734. The smallest absolute Gasteiger partial charge is 0.309 e. The maximum absolute atomic E-state index is 13.2. The Morgan fingerprint density at radius 1 is 1.22 bits per heavy atom. The Hall–Kier alpha value is -0.900. The summed E-state index contributed by atoms with van der Waals surface area (Å²) in [6.07, 6.45) is 5.88. The number of ketones is 1. The summed E-state index contributed by atoms with van der Waals surface area (Å²) in [4.78, 5) is 25.5. The van der Waals surface area contributed by atoms with Crippen molar-refractivity contribution >= 4 is 11.8 Å². The number of ether oxygens (including phenoxy) is 2. The first-order valence-electron chi connectivity index (χ1n) is 8.98. The zero-order valence-electron chi connectivity index (χ0n) is 14.7. The van der Waals surface area contributed by atoms with E-state index in [1.807, 2.05) is 0 Å². The van der Waals surface area contributed by atoms with Gasteiger partial charge < -0.3 is 9.47 Å². The summed E-state index contributed by atoms with van der Waals surface area (Å²) in [5, 5.41) is 0. The van der Waals surface area contributed by atoms with Gasteiger partial charge in [0.1, 0.15) is 5.78 Å². The van der Waals surface area contributed by atoms with Gasteiger partial charge in [0, 0.05) is 18.9 Å². The zero-order chi connectivity index (χ0) is 16.6. The Morgan fingerprint density at radius 2 is 1.96 bits per heavy atom. The fourth-order valence-corrected chi connectivity index (χ4v) is 7.53. The van der Waals surface area contributed by atoms with Crippen molar-refractivity contribution in [2.24, 2.45) is 34.0 Å². The van der Waals surface area contributed by atoms with E-state index in [1.54, 1.807) is 7.11 Å². The molecule has 4 heteroatoms. The van der Waals surface area contributed by atoms with Gasteiger partial charge >= 0.3 is 5.97 Å². The lowest BCUT2D eigenvalue weighted by Gasteiger charge is -2.45. The first kappa shape index (κ1) is 15.6. The summed E-state index contributed by atoms with van der Waals surface area (Å²) < 4.78 is 10.7. The SMILES string of the molecule is COC(=O)[C@H]1CC[C@@]23C[C@H]4C[C@@H](OC)C[C@H]4[C@]2(C)C(=O)C[C@@]13C. The van der Waals surface area contributed by atoms with Crippen LogP contribution in [0.4, 0.5) is 0 Å². The largest absolute Gasteiger partial charge is 0.469 e. The summed E-state index contributed by atoms with van der Waals surface area (Å²) >= 11 is 0. The van der Waals surface area contributed by atoms with Gasteiger partial charge in [-0.05, 0) is 54.8 Å². The average Bonchev–Trinajstić information content (AvgIpc) is 3.16. The third-order valence-corrected chi connectivity index (χ3v) is 8.65. The van der Waals surface area contributed by atoms with Crippen LogP contribution in [0.3, 0.4) is 0 Å². The monoisotopic (exact) mass is 320 g/mol. The van der Waals surface area contributed by atoms with Crippen LogP contribution in [0.25, 0.3) is 0 Å². The fraction of sp³-hybridized carbons (Fsp3) is 0.895. The summed E-state index contributed by atoms with van der Waals surface area (Å²) in [6.45, 7) is 4.41. The number of fused-ring (bicyclic) bond motifs is 2. The van der Waals surface area contributed by atoms with E-state index in [0.29, 0.717) is 30.1 Å². The predicted octanol–water partition coefficient (Wildman–Crippen LogP) is 2.99. The molecule has 0 heterocycles. The highest BCUT2D eigenvalue weighted by molar-refractivity contribution is 5.92. The van der Waals surface area contributed by atoms with Gasteiger partial charge in [-0.1, -0.05) is 13.8 Å². The van der Waals surface area contributed by atoms with Gasteiger partial charge in [0.2, 0.25) is 0 Å². The number of carbonyl (C=O) groups is 2. The molecule has 0 aromatic carbocycles. The normalized spacial score (nSPS) is 54.0. The van der Waals surface area contributed by atoms with Crippen LogP contribution in [-0.2, 0) is 19.1 Å². The number of hydrogen-bond donors (Lipinski definition) is 0. The van der Waals surface area contributed by atoms with E-state index < -0.39 is 0 Å². The highest BCUT2D eigenvalue weighted by Crippen LogP contribution is 2.80. The first-order chi connectivity index (χ1) is 10.8. The lowest BCUT2D eigenvalue weighted by atomic mass is 9.57. The zero-order valence-corrected chi connectivity index (χ0v) is 14.7. The second kappa shape index (κ2) is 4.59. The molecule has 4 saturated carbocycles. The fourth-order valence-electron chi connectivity index (χ4n) is 7.53. The summed E-state index contributed by atoms with van der Waals surface area (Å²) in [5.41, 5.74) is -0.509. The Kier molecular flexibility index (Phi) is 3.12. The molecule has 0 radical (unpaired) electrons. The van der Waals surface area contributed by atoms with E-state index in [2.05, 4.69) is 13.8 Å². The maximum atomic E-state index is 13.2. The molecule has 23 heavy (non-hydrogen) atoms. The van der Waals surface area contributed by atoms with Crippen LogP contribution in [-0.4, -0.2) is 32.1 Å². The molecule has 0 aromatic rings. The minimum absolute atomic E-state index is 0.00994. The predicted molar refractivity (Wildman–Crippen MR) is 84.6 cm³/mol. The standard InChI is InChI=1S/C19H28O4/c1-17-10-15(20)18(2)14-8-12(22-3)7-11(14)9-19(17,18)6-5-13(17)16(21)23-4/h11-14H,5-10H2,1-4H3/t11-,12-,13-,14-,17+,18-,19+/m1/s1. The van der Waals surface area contributed by atoms with Crippen molar-refractivity contribution in [1.82, 2.24) is 0 Å². The molecule has 1 spiro atoms. The highest BCUT2D eigenvalue weighted by atomic mass is 16.5. The van der Waals surface area contributed by atoms with Crippen molar-refractivity contribution in [3.8, 4) is 0 Å². The molecule has 0 saturated heterocycles. The lowest BCUT2D eigenvalue weighted by molar-refractivity contribution is -0.151. The molecule has 0 N–H and O–H groups in total. The molecule has 0 aromatic heterocycles. The minimum atomic E-state index is -0.275. The number of hydrogen-bond acceptors (Lipinski definition) is 4. The molecule has 4 rings (SSSR count). The molecule has 0 unspecified atom stereocenters. The molecule has 0 bridgehead atoms. The first-order valence-corrected chi connectivity index (χ1v) is 8.98. The van der Waals surface area contributed by atoms with Crippen molar-refractivity contribution in [2.45, 2.75) is 58.5 Å². The van der Waals surface area contributed by atoms with E-state index >= 15 is 0 Å². The number of esters is 1. The highest BCUT2D eigenvalue weighted by Gasteiger charge is 2.79. The van der Waals surface area contributed by atoms with Gasteiger partial charge in [-0.3, -0.25) is 9.59 Å². The van der Waals surface area contributed by atoms with Crippen molar-refractivity contribution in [2.75, 3.05) is 14.2 Å². The van der Waals surface area contributed by atoms with Crippen molar-refractivity contribution in [1.29, 1.82) is 0 Å². The third kappa shape index (κ3) is 1.52. The van der Waals surface area contributed by atoms with Crippen LogP contribution in [0, 0.1) is 34.0 Å². The van der Waals surface area contributed by atoms with Gasteiger partial charge in [0.25, 0.3) is 0 Å². The second-order valence-electron chi connectivity index (χ2n) is 8.82. The molecule has 4 aliphatic rings. The Balaban J connectivity index is 1.77. The Morgan fingerprint density at radius 3 is 2.61 bits per heavy atom. The van der Waals surface area contributed by atoms with Crippen molar-refractivity contribution in [3.63, 3.8) is 0 Å². The number of carbonyl (C=O) groups excluding carboxylic acids is 2. The van der Waals surface area contributed by atoms with Crippen molar-refractivity contribution < 1.29 is 19.1 Å². The number of rotatable bonds is 2. The van der Waals surface area contributed by atoms with Crippen LogP contribution in [0.1, 0.15) is 52.4 Å². The molecule has 0 amide bonds. The van der Waals surface area contributed by atoms with Gasteiger partial charge in [-0.15, -0.1) is 0 Å². The Labute approximate surface area is 138 Å². The van der Waals surface area contributed by atoms with Crippen LogP contribution in [0.15, 0.2) is 0 Å².